The van der Waals surface area contributed by atoms with Crippen LogP contribution in [0.5, 0.6) is 11.5 Å². The minimum atomic E-state index is -3.67. The maximum atomic E-state index is 14.2. The highest BCUT2D eigenvalue weighted by atomic mass is 32.2. The average molecular weight is 498 g/mol. The van der Waals surface area contributed by atoms with Gasteiger partial charge < -0.3 is 9.64 Å². The summed E-state index contributed by atoms with van der Waals surface area (Å²) in [6.45, 7) is 1.51. The molecule has 3 aromatic rings. The second kappa shape index (κ2) is 9.94. The van der Waals surface area contributed by atoms with Crippen molar-refractivity contribution in [1.29, 1.82) is 0 Å². The highest BCUT2D eigenvalue weighted by Crippen LogP contribution is 2.37. The molecular weight excluding hydrogens is 469 g/mol. The topological polar surface area (TPSA) is 62.3 Å². The molecule has 35 heavy (non-hydrogen) atoms. The van der Waals surface area contributed by atoms with Crippen molar-refractivity contribution in [3.8, 4) is 11.5 Å². The van der Waals surface area contributed by atoms with Crippen molar-refractivity contribution in [1.82, 2.24) is 9.37 Å². The molecule has 2 atom stereocenters. The highest BCUT2D eigenvalue weighted by Gasteiger charge is 2.46. The van der Waals surface area contributed by atoms with Crippen LogP contribution < -0.4 is 9.64 Å². The molecule has 0 spiro atoms. The minimum absolute atomic E-state index is 0.0702. The molecule has 2 aliphatic rings. The van der Waals surface area contributed by atoms with E-state index in [0.717, 1.165) is 5.56 Å². The van der Waals surface area contributed by atoms with E-state index in [0.29, 0.717) is 43.4 Å². The van der Waals surface area contributed by atoms with Crippen molar-refractivity contribution in [3.05, 3.63) is 90.2 Å². The Morgan fingerprint density at radius 2 is 1.57 bits per heavy atom. The van der Waals surface area contributed by atoms with Crippen molar-refractivity contribution in [3.63, 3.8) is 0 Å². The molecule has 0 radical (unpaired) electrons. The fraction of sp³-hybridized carbons (Fsp3) is 0.308. The van der Waals surface area contributed by atoms with Gasteiger partial charge in [0, 0.05) is 33.2 Å². The average Bonchev–Trinajstić information content (AvgIpc) is 3.27. The summed E-state index contributed by atoms with van der Waals surface area (Å²) < 4.78 is 49.1. The zero-order chi connectivity index (χ0) is 24.4. The smallest absolute Gasteiger partial charge is 0.221 e. The lowest BCUT2D eigenvalue weighted by molar-refractivity contribution is -0.110. The molecule has 0 unspecified atom stereocenters. The third-order valence-corrected chi connectivity index (χ3v) is 8.78. The van der Waals surface area contributed by atoms with Gasteiger partial charge in [-0.05, 0) is 42.0 Å². The van der Waals surface area contributed by atoms with Crippen LogP contribution >= 0.6 is 0 Å². The Labute approximate surface area is 205 Å². The van der Waals surface area contributed by atoms with E-state index in [9.17, 15) is 12.8 Å². The summed E-state index contributed by atoms with van der Waals surface area (Å²) in [5, 5.41) is 0.846. The molecule has 0 bridgehead atoms. The van der Waals surface area contributed by atoms with Crippen LogP contribution in [0.15, 0.2) is 78.9 Å². The number of anilines is 1. The first-order chi connectivity index (χ1) is 16.9. The maximum absolute atomic E-state index is 14.2. The SMILES string of the molecule is CN1OC[C@@H](S(=O)(=O)N2CCN(c3ccccc3F)CC2)[C@H]1c1cccc(Oc2ccccc2)c1. The number of para-hydroxylation sites is 2. The number of ether oxygens (including phenoxy) is 1. The first-order valence-corrected chi connectivity index (χ1v) is 13.1. The van der Waals surface area contributed by atoms with E-state index in [1.807, 2.05) is 59.5 Å². The molecule has 0 N–H and O–H groups in total. The van der Waals surface area contributed by atoms with E-state index < -0.39 is 21.3 Å². The number of hydrogen-bond donors (Lipinski definition) is 0. The predicted molar refractivity (Wildman–Crippen MR) is 132 cm³/mol. The summed E-state index contributed by atoms with van der Waals surface area (Å²) in [6, 6.07) is 23.0. The molecule has 9 heteroatoms. The first-order valence-electron chi connectivity index (χ1n) is 11.6. The normalized spacial score (nSPS) is 21.8. The highest BCUT2D eigenvalue weighted by molar-refractivity contribution is 7.89. The second-order valence-electron chi connectivity index (χ2n) is 8.70. The number of nitrogens with zero attached hydrogens (tertiary/aromatic N) is 3. The Bertz CT molecular complexity index is 1270. The van der Waals surface area contributed by atoms with Crippen molar-refractivity contribution >= 4 is 15.7 Å². The first kappa shape index (κ1) is 23.7. The Morgan fingerprint density at radius 3 is 2.31 bits per heavy atom. The summed E-state index contributed by atoms with van der Waals surface area (Å²) in [7, 11) is -1.92. The van der Waals surface area contributed by atoms with Gasteiger partial charge in [0.25, 0.3) is 0 Å². The lowest BCUT2D eigenvalue weighted by Gasteiger charge is -2.37. The second-order valence-corrected chi connectivity index (χ2v) is 10.8. The molecular formula is C26H28FN3O4S. The zero-order valence-corrected chi connectivity index (χ0v) is 20.3. The van der Waals surface area contributed by atoms with Crippen LogP contribution in [0.2, 0.25) is 0 Å². The van der Waals surface area contributed by atoms with Crippen LogP contribution in [0.1, 0.15) is 11.6 Å². The molecule has 5 rings (SSSR count). The number of rotatable bonds is 6. The van der Waals surface area contributed by atoms with Crippen LogP contribution in [-0.4, -0.2) is 62.9 Å². The van der Waals surface area contributed by atoms with Gasteiger partial charge in [-0.2, -0.15) is 9.37 Å². The quantitative estimate of drug-likeness (QED) is 0.512. The zero-order valence-electron chi connectivity index (χ0n) is 19.5. The van der Waals surface area contributed by atoms with E-state index in [1.165, 1.54) is 10.4 Å². The predicted octanol–water partition coefficient (Wildman–Crippen LogP) is 4.06. The van der Waals surface area contributed by atoms with Crippen molar-refractivity contribution in [2.24, 2.45) is 0 Å². The van der Waals surface area contributed by atoms with Crippen molar-refractivity contribution < 1.29 is 22.4 Å². The molecule has 0 aliphatic carbocycles. The van der Waals surface area contributed by atoms with Gasteiger partial charge in [-0.3, -0.25) is 4.84 Å². The van der Waals surface area contributed by atoms with E-state index in [2.05, 4.69) is 0 Å². The maximum Gasteiger partial charge on any atom is 0.221 e. The lowest BCUT2D eigenvalue weighted by atomic mass is 10.0. The molecule has 3 aromatic carbocycles. The van der Waals surface area contributed by atoms with Crippen LogP contribution in [0.4, 0.5) is 10.1 Å². The van der Waals surface area contributed by atoms with Gasteiger partial charge in [0.05, 0.1) is 18.3 Å². The minimum Gasteiger partial charge on any atom is -0.457 e. The summed E-state index contributed by atoms with van der Waals surface area (Å²) in [5.74, 6) is 1.04. The molecule has 0 saturated carbocycles. The Morgan fingerprint density at radius 1 is 0.886 bits per heavy atom. The van der Waals surface area contributed by atoms with Gasteiger partial charge in [-0.1, -0.05) is 42.5 Å². The summed E-state index contributed by atoms with van der Waals surface area (Å²) >= 11 is 0. The molecule has 2 aliphatic heterocycles. The molecule has 2 heterocycles. The van der Waals surface area contributed by atoms with Crippen LogP contribution in [0.3, 0.4) is 0 Å². The van der Waals surface area contributed by atoms with E-state index in [-0.39, 0.29) is 12.4 Å². The van der Waals surface area contributed by atoms with Gasteiger partial charge >= 0.3 is 0 Å². The molecule has 0 aromatic heterocycles. The number of hydrogen-bond acceptors (Lipinski definition) is 6. The van der Waals surface area contributed by atoms with Gasteiger partial charge in [-0.25, -0.2) is 12.8 Å². The van der Waals surface area contributed by atoms with E-state index in [1.54, 1.807) is 30.3 Å². The number of hydroxylamine groups is 2. The summed E-state index contributed by atoms with van der Waals surface area (Å²) in [4.78, 5) is 7.59. The Balaban J connectivity index is 1.33. The van der Waals surface area contributed by atoms with E-state index in [4.69, 9.17) is 9.57 Å². The molecule has 2 fully saturated rings. The van der Waals surface area contributed by atoms with Gasteiger partial charge in [-0.15, -0.1) is 0 Å². The largest absolute Gasteiger partial charge is 0.457 e. The number of halogens is 1. The standard InChI is InChI=1S/C26H28FN3O4S/c1-28-26(20-8-7-11-22(18-20)34-21-9-3-2-4-10-21)25(19-33-28)35(31,32)30-16-14-29(15-17-30)24-13-6-5-12-23(24)27/h2-13,18,25-26H,14-17,19H2,1H3/t25-,26-/m1/s1. The monoisotopic (exact) mass is 497 g/mol. The van der Waals surface area contributed by atoms with Crippen molar-refractivity contribution in [2.75, 3.05) is 44.7 Å². The summed E-state index contributed by atoms with van der Waals surface area (Å²) in [6.07, 6.45) is 0. The Kier molecular flexibility index (Phi) is 6.75. The lowest BCUT2D eigenvalue weighted by Crippen LogP contribution is -2.52. The third kappa shape index (κ3) is 4.90. The van der Waals surface area contributed by atoms with Crippen LogP contribution in [0.25, 0.3) is 0 Å². The Hall–Kier alpha value is -2.98. The fourth-order valence-corrected chi connectivity index (χ4v) is 6.68. The van der Waals surface area contributed by atoms with Gasteiger partial charge in [0.1, 0.15) is 22.6 Å². The van der Waals surface area contributed by atoms with Gasteiger partial charge in [0.15, 0.2) is 0 Å². The molecule has 184 valence electrons. The van der Waals surface area contributed by atoms with Crippen LogP contribution in [0, 0.1) is 5.82 Å². The van der Waals surface area contributed by atoms with Crippen LogP contribution in [-0.2, 0) is 14.9 Å². The van der Waals surface area contributed by atoms with Crippen molar-refractivity contribution in [2.45, 2.75) is 11.3 Å². The molecule has 0 amide bonds. The van der Waals surface area contributed by atoms with E-state index >= 15 is 0 Å². The number of sulfonamides is 1. The molecule has 7 nitrogen and oxygen atoms in total. The number of piperazine rings is 1. The number of benzene rings is 3. The summed E-state index contributed by atoms with van der Waals surface area (Å²) in [5.41, 5.74) is 1.30. The third-order valence-electron chi connectivity index (χ3n) is 6.54. The van der Waals surface area contributed by atoms with Gasteiger partial charge in [0.2, 0.25) is 10.0 Å². The fourth-order valence-electron chi connectivity index (χ4n) is 4.74. The molecule has 2 saturated heterocycles.